The van der Waals surface area contributed by atoms with Crippen LogP contribution in [0.3, 0.4) is 0 Å². The van der Waals surface area contributed by atoms with Gasteiger partial charge in [-0.1, -0.05) is 0 Å². The van der Waals surface area contributed by atoms with Crippen molar-refractivity contribution in [2.45, 2.75) is 25.5 Å². The van der Waals surface area contributed by atoms with Gasteiger partial charge in [-0.25, -0.2) is 15.0 Å². The van der Waals surface area contributed by atoms with Gasteiger partial charge in [0, 0.05) is 19.7 Å². The summed E-state index contributed by atoms with van der Waals surface area (Å²) in [5.41, 5.74) is 1.32. The number of aromatic nitrogens is 4. The number of imidazole rings is 1. The van der Waals surface area contributed by atoms with Gasteiger partial charge in [0.05, 0.1) is 13.2 Å². The third kappa shape index (κ3) is 2.57. The molecule has 0 N–H and O–H groups in total. The van der Waals surface area contributed by atoms with E-state index in [4.69, 9.17) is 9.47 Å². The maximum atomic E-state index is 11.5. The molecule has 0 bridgehead atoms. The number of ether oxygens (including phenoxy) is 2. The van der Waals surface area contributed by atoms with Gasteiger partial charge in [0.1, 0.15) is 12.6 Å². The van der Waals surface area contributed by atoms with Gasteiger partial charge >= 0.3 is 0 Å². The summed E-state index contributed by atoms with van der Waals surface area (Å²) in [7, 11) is 0. The lowest BCUT2D eigenvalue weighted by atomic mass is 10.2. The number of hydrogen-bond acceptors (Lipinski definition) is 7. The molecule has 0 saturated carbocycles. The molecule has 2 aliphatic rings. The maximum Gasteiger partial charge on any atom is 0.185 e. The van der Waals surface area contributed by atoms with Crippen molar-refractivity contribution < 1.29 is 14.3 Å². The Kier molecular flexibility index (Phi) is 3.92. The van der Waals surface area contributed by atoms with Crippen molar-refractivity contribution >= 4 is 23.3 Å². The van der Waals surface area contributed by atoms with Crippen LogP contribution in [0.5, 0.6) is 0 Å². The Balaban J connectivity index is 1.81. The molecule has 8 heteroatoms. The molecule has 2 aliphatic heterocycles. The minimum absolute atomic E-state index is 0.179. The zero-order valence-electron chi connectivity index (χ0n) is 12.8. The Morgan fingerprint density at radius 3 is 2.78 bits per heavy atom. The molecule has 0 spiro atoms. The van der Waals surface area contributed by atoms with Crippen LogP contribution >= 0.6 is 0 Å². The molecule has 8 nitrogen and oxygen atoms in total. The minimum atomic E-state index is -0.179. The molecule has 0 aromatic carbocycles. The van der Waals surface area contributed by atoms with Crippen LogP contribution in [0.15, 0.2) is 6.33 Å². The van der Waals surface area contributed by atoms with Crippen molar-refractivity contribution in [2.75, 3.05) is 37.8 Å². The van der Waals surface area contributed by atoms with Gasteiger partial charge in [0.25, 0.3) is 0 Å². The summed E-state index contributed by atoms with van der Waals surface area (Å²) < 4.78 is 13.0. The first-order valence-corrected chi connectivity index (χ1v) is 8.01. The molecule has 23 heavy (non-hydrogen) atoms. The topological polar surface area (TPSA) is 82.4 Å². The zero-order valence-corrected chi connectivity index (χ0v) is 12.8. The fourth-order valence-electron chi connectivity index (χ4n) is 3.21. The number of carbonyl (C=O) groups is 1. The number of morpholine rings is 1. The van der Waals surface area contributed by atoms with Crippen molar-refractivity contribution in [1.29, 1.82) is 0 Å². The molecule has 122 valence electrons. The van der Waals surface area contributed by atoms with Gasteiger partial charge < -0.3 is 14.4 Å². The summed E-state index contributed by atoms with van der Waals surface area (Å²) in [5, 5.41) is 0. The van der Waals surface area contributed by atoms with E-state index in [9.17, 15) is 4.79 Å². The van der Waals surface area contributed by atoms with E-state index in [0.717, 1.165) is 44.5 Å². The number of rotatable bonds is 3. The molecular weight excluding hydrogens is 298 g/mol. The van der Waals surface area contributed by atoms with Crippen LogP contribution in [0.4, 0.5) is 5.82 Å². The SMILES string of the molecule is O=Cc1nc2c(N3CCOCC3)ncnc2n1C1CCCCO1. The molecule has 0 amide bonds. The van der Waals surface area contributed by atoms with Crippen LogP contribution in [-0.4, -0.2) is 58.7 Å². The normalized spacial score (nSPS) is 22.4. The molecule has 1 unspecified atom stereocenters. The molecule has 2 saturated heterocycles. The molecular formula is C15H19N5O3. The van der Waals surface area contributed by atoms with E-state index in [0.29, 0.717) is 36.8 Å². The molecule has 2 aromatic heterocycles. The Morgan fingerprint density at radius 1 is 1.17 bits per heavy atom. The van der Waals surface area contributed by atoms with E-state index < -0.39 is 0 Å². The summed E-state index contributed by atoms with van der Waals surface area (Å²) in [6.07, 6.45) is 5.10. The Labute approximate surface area is 133 Å². The second-order valence-electron chi connectivity index (χ2n) is 5.75. The molecule has 4 heterocycles. The van der Waals surface area contributed by atoms with Crippen LogP contribution in [0.25, 0.3) is 11.2 Å². The predicted octanol–water partition coefficient (Wildman–Crippen LogP) is 1.17. The molecule has 0 aliphatic carbocycles. The largest absolute Gasteiger partial charge is 0.378 e. The van der Waals surface area contributed by atoms with Crippen molar-refractivity contribution in [3.8, 4) is 0 Å². The van der Waals surface area contributed by atoms with Gasteiger partial charge in [-0.05, 0) is 19.3 Å². The number of aldehydes is 1. The van der Waals surface area contributed by atoms with E-state index in [1.54, 1.807) is 0 Å². The Morgan fingerprint density at radius 2 is 2.04 bits per heavy atom. The van der Waals surface area contributed by atoms with Crippen LogP contribution < -0.4 is 4.90 Å². The summed E-state index contributed by atoms with van der Waals surface area (Å²) in [6, 6.07) is 0. The molecule has 2 aromatic rings. The zero-order chi connectivity index (χ0) is 15.6. The molecule has 4 rings (SSSR count). The number of fused-ring (bicyclic) bond motifs is 1. The summed E-state index contributed by atoms with van der Waals surface area (Å²) in [5.74, 6) is 1.11. The average molecular weight is 317 g/mol. The first kappa shape index (κ1) is 14.5. The lowest BCUT2D eigenvalue weighted by Gasteiger charge is -2.28. The minimum Gasteiger partial charge on any atom is -0.378 e. The highest BCUT2D eigenvalue weighted by Crippen LogP contribution is 2.30. The number of anilines is 1. The third-order valence-corrected chi connectivity index (χ3v) is 4.34. The first-order valence-electron chi connectivity index (χ1n) is 8.01. The summed E-state index contributed by atoms with van der Waals surface area (Å²) in [4.78, 5) is 26.9. The Bertz CT molecular complexity index is 704. The highest BCUT2D eigenvalue weighted by molar-refractivity contribution is 5.88. The number of nitrogens with zero attached hydrogens (tertiary/aromatic N) is 5. The van der Waals surface area contributed by atoms with Gasteiger partial charge in [-0.3, -0.25) is 9.36 Å². The summed E-state index contributed by atoms with van der Waals surface area (Å²) in [6.45, 7) is 3.55. The number of carbonyl (C=O) groups excluding carboxylic acids is 1. The van der Waals surface area contributed by atoms with Crippen molar-refractivity contribution in [2.24, 2.45) is 0 Å². The standard InChI is InChI=1S/C15H19N5O3/c21-9-11-18-13-14(19-4-7-22-8-5-19)16-10-17-15(13)20(11)12-3-1-2-6-23-12/h9-10,12H,1-8H2. The maximum absolute atomic E-state index is 11.5. The fraction of sp³-hybridized carbons (Fsp3) is 0.600. The van der Waals surface area contributed by atoms with Crippen LogP contribution in [0.1, 0.15) is 36.1 Å². The van der Waals surface area contributed by atoms with Gasteiger partial charge in [0.2, 0.25) is 0 Å². The monoisotopic (exact) mass is 317 g/mol. The number of hydrogen-bond donors (Lipinski definition) is 0. The van der Waals surface area contributed by atoms with E-state index in [1.807, 2.05) is 4.57 Å². The fourth-order valence-corrected chi connectivity index (χ4v) is 3.21. The average Bonchev–Trinajstić information content (AvgIpc) is 3.02. The van der Waals surface area contributed by atoms with Crippen molar-refractivity contribution in [3.05, 3.63) is 12.2 Å². The lowest BCUT2D eigenvalue weighted by molar-refractivity contribution is -0.0306. The second-order valence-corrected chi connectivity index (χ2v) is 5.75. The van der Waals surface area contributed by atoms with Crippen molar-refractivity contribution in [1.82, 2.24) is 19.5 Å². The van der Waals surface area contributed by atoms with Gasteiger partial charge in [-0.15, -0.1) is 0 Å². The smallest absolute Gasteiger partial charge is 0.185 e. The van der Waals surface area contributed by atoms with Gasteiger partial charge in [0.15, 0.2) is 29.1 Å². The lowest BCUT2D eigenvalue weighted by Crippen LogP contribution is -2.37. The molecule has 1 atom stereocenters. The third-order valence-electron chi connectivity index (χ3n) is 4.34. The van der Waals surface area contributed by atoms with E-state index in [-0.39, 0.29) is 6.23 Å². The van der Waals surface area contributed by atoms with Gasteiger partial charge in [-0.2, -0.15) is 0 Å². The quantitative estimate of drug-likeness (QED) is 0.786. The van der Waals surface area contributed by atoms with Crippen LogP contribution in [0, 0.1) is 0 Å². The van der Waals surface area contributed by atoms with E-state index in [1.165, 1.54) is 6.33 Å². The molecule has 0 radical (unpaired) electrons. The predicted molar refractivity (Wildman–Crippen MR) is 82.6 cm³/mol. The highest BCUT2D eigenvalue weighted by atomic mass is 16.5. The second kappa shape index (κ2) is 6.21. The van der Waals surface area contributed by atoms with Crippen LogP contribution in [-0.2, 0) is 9.47 Å². The Hall–Kier alpha value is -2.06. The highest BCUT2D eigenvalue weighted by Gasteiger charge is 2.26. The summed E-state index contributed by atoms with van der Waals surface area (Å²) >= 11 is 0. The molecule has 2 fully saturated rings. The van der Waals surface area contributed by atoms with E-state index in [2.05, 4.69) is 19.9 Å². The first-order chi connectivity index (χ1) is 11.4. The van der Waals surface area contributed by atoms with Crippen LogP contribution in [0.2, 0.25) is 0 Å². The van der Waals surface area contributed by atoms with Crippen molar-refractivity contribution in [3.63, 3.8) is 0 Å². The van der Waals surface area contributed by atoms with E-state index >= 15 is 0 Å².